The van der Waals surface area contributed by atoms with Gasteiger partial charge in [0.1, 0.15) is 11.3 Å². The van der Waals surface area contributed by atoms with Crippen molar-refractivity contribution in [2.45, 2.75) is 6.92 Å². The smallest absolute Gasteiger partial charge is 0.358 e. The molecule has 13 heteroatoms. The summed E-state index contributed by atoms with van der Waals surface area (Å²) in [4.78, 5) is 33.1. The van der Waals surface area contributed by atoms with Gasteiger partial charge in [-0.05, 0) is 24.9 Å². The molecule has 20 heavy (non-hydrogen) atoms. The Morgan fingerprint density at radius 1 is 1.15 bits per heavy atom. The molecule has 0 aromatic carbocycles. The molecule has 2 heterocycles. The molecule has 0 saturated carbocycles. The number of hydrogen-bond acceptors (Lipinski definition) is 8. The van der Waals surface area contributed by atoms with E-state index < -0.39 is 37.9 Å². The Kier molecular flexibility index (Phi) is 2.86. The minimum atomic E-state index is -0.940. The predicted molar refractivity (Wildman–Crippen MR) is 60.4 cm³/mol. The zero-order valence-corrected chi connectivity index (χ0v) is 9.71. The molecule has 0 bridgehead atoms. The summed E-state index contributed by atoms with van der Waals surface area (Å²) < 4.78 is 0.873. The Hall–Kier alpha value is -3.38. The lowest BCUT2D eigenvalue weighted by Crippen LogP contribution is -2.02. The maximum absolute atomic E-state index is 10.8. The number of nitrogens with zero attached hydrogens (tertiary/aromatic N) is 6. The van der Waals surface area contributed by atoms with Crippen LogP contribution in [0.3, 0.4) is 0 Å². The van der Waals surface area contributed by atoms with E-state index in [9.17, 15) is 30.3 Å². The Labute approximate surface area is 108 Å². The van der Waals surface area contributed by atoms with Crippen molar-refractivity contribution < 1.29 is 14.8 Å². The van der Waals surface area contributed by atoms with E-state index in [1.54, 1.807) is 0 Å². The van der Waals surface area contributed by atoms with Crippen LogP contribution in [0, 0.1) is 37.3 Å². The normalized spacial score (nSPS) is 10.4. The molecule has 13 nitrogen and oxygen atoms in total. The van der Waals surface area contributed by atoms with Crippen LogP contribution in [0.15, 0.2) is 6.20 Å². The quantitative estimate of drug-likeness (QED) is 0.626. The topological polar surface area (TPSA) is 176 Å². The number of aromatic nitrogens is 4. The van der Waals surface area contributed by atoms with Gasteiger partial charge in [-0.3, -0.25) is 4.57 Å². The molecule has 0 unspecified atom stereocenters. The van der Waals surface area contributed by atoms with Gasteiger partial charge in [-0.2, -0.15) is 0 Å². The molecular weight excluding hydrogens is 278 g/mol. The third kappa shape index (κ3) is 1.92. The zero-order chi connectivity index (χ0) is 15.0. The Balaban J connectivity index is 2.73. The summed E-state index contributed by atoms with van der Waals surface area (Å²) in [6.45, 7) is 1.31. The standard InChI is InChI=1S/C7H5N7O6/c1-3-8-4(12(15)16)2-11(3)5-6(13(17)18)9-10-7(5)14(19)20/h2H,1H3,(H,9,10). The summed E-state index contributed by atoms with van der Waals surface area (Å²) in [6, 6.07) is 0. The van der Waals surface area contributed by atoms with E-state index in [4.69, 9.17) is 0 Å². The highest BCUT2D eigenvalue weighted by Gasteiger charge is 2.35. The summed E-state index contributed by atoms with van der Waals surface area (Å²) in [5, 5.41) is 37.4. The van der Waals surface area contributed by atoms with Crippen LogP contribution in [0.1, 0.15) is 5.82 Å². The molecule has 0 radical (unpaired) electrons. The van der Waals surface area contributed by atoms with Crippen LogP contribution in [0.25, 0.3) is 5.69 Å². The van der Waals surface area contributed by atoms with Crippen LogP contribution in [0.4, 0.5) is 17.5 Å². The fraction of sp³-hybridized carbons (Fsp3) is 0.143. The molecule has 2 rings (SSSR count). The van der Waals surface area contributed by atoms with Crippen molar-refractivity contribution in [3.63, 3.8) is 0 Å². The minimum absolute atomic E-state index is 0.0238. The van der Waals surface area contributed by atoms with Gasteiger partial charge in [0.05, 0.1) is 0 Å². The van der Waals surface area contributed by atoms with Gasteiger partial charge in [-0.15, -0.1) is 0 Å². The van der Waals surface area contributed by atoms with Crippen LogP contribution in [0.5, 0.6) is 0 Å². The van der Waals surface area contributed by atoms with Crippen LogP contribution in [-0.4, -0.2) is 34.5 Å². The molecule has 2 aromatic rings. The van der Waals surface area contributed by atoms with E-state index in [0.29, 0.717) is 0 Å². The average molecular weight is 283 g/mol. The maximum Gasteiger partial charge on any atom is 0.444 e. The van der Waals surface area contributed by atoms with E-state index in [-0.39, 0.29) is 5.82 Å². The second kappa shape index (κ2) is 4.38. The number of nitrogens with one attached hydrogen (secondary N) is 1. The molecule has 1 N–H and O–H groups in total. The van der Waals surface area contributed by atoms with Gasteiger partial charge in [-0.1, -0.05) is 0 Å². The average Bonchev–Trinajstić information content (AvgIpc) is 2.91. The van der Waals surface area contributed by atoms with E-state index in [2.05, 4.69) is 10.1 Å². The molecule has 0 spiro atoms. The highest BCUT2D eigenvalue weighted by atomic mass is 16.6. The van der Waals surface area contributed by atoms with Crippen LogP contribution >= 0.6 is 0 Å². The maximum atomic E-state index is 10.8. The van der Waals surface area contributed by atoms with Crippen molar-refractivity contribution in [1.29, 1.82) is 0 Å². The van der Waals surface area contributed by atoms with Crippen molar-refractivity contribution in [2.75, 3.05) is 0 Å². The van der Waals surface area contributed by atoms with Gasteiger partial charge in [0, 0.05) is 6.92 Å². The lowest BCUT2D eigenvalue weighted by atomic mass is 10.4. The lowest BCUT2D eigenvalue weighted by molar-refractivity contribution is -0.393. The van der Waals surface area contributed by atoms with Gasteiger partial charge in [0.2, 0.25) is 5.82 Å². The number of aromatic amines is 1. The van der Waals surface area contributed by atoms with Crippen LogP contribution in [0.2, 0.25) is 0 Å². The number of H-pyrrole nitrogens is 1. The second-order valence-corrected chi connectivity index (χ2v) is 3.53. The SMILES string of the molecule is Cc1nc([N+](=O)[O-])cn1-c1c([N+](=O)[O-])n[nH]c1[N+](=O)[O-]. The zero-order valence-electron chi connectivity index (χ0n) is 9.71. The van der Waals surface area contributed by atoms with E-state index >= 15 is 0 Å². The molecule has 0 aliphatic carbocycles. The van der Waals surface area contributed by atoms with Crippen molar-refractivity contribution >= 4 is 17.5 Å². The summed E-state index contributed by atoms with van der Waals surface area (Å²) in [7, 11) is 0. The summed E-state index contributed by atoms with van der Waals surface area (Å²) in [5.41, 5.74) is -0.516. The molecule has 0 amide bonds. The fourth-order valence-electron chi connectivity index (χ4n) is 1.57. The van der Waals surface area contributed by atoms with Gasteiger partial charge < -0.3 is 30.3 Å². The second-order valence-electron chi connectivity index (χ2n) is 3.53. The number of hydrogen-bond donors (Lipinski definition) is 1. The van der Waals surface area contributed by atoms with E-state index in [0.717, 1.165) is 10.8 Å². The molecule has 104 valence electrons. The first-order chi connectivity index (χ1) is 9.32. The highest BCUT2D eigenvalue weighted by molar-refractivity contribution is 5.59. The summed E-state index contributed by atoms with van der Waals surface area (Å²) in [5.74, 6) is -2.20. The van der Waals surface area contributed by atoms with Crippen molar-refractivity contribution in [3.05, 3.63) is 42.4 Å². The molecule has 0 aliphatic heterocycles. The number of rotatable bonds is 4. The molecule has 0 saturated heterocycles. The molecule has 2 aromatic heterocycles. The third-order valence-corrected chi connectivity index (χ3v) is 2.36. The monoisotopic (exact) mass is 283 g/mol. The van der Waals surface area contributed by atoms with Gasteiger partial charge in [-0.25, -0.2) is 0 Å². The highest BCUT2D eigenvalue weighted by Crippen LogP contribution is 2.31. The van der Waals surface area contributed by atoms with Gasteiger partial charge in [0.25, 0.3) is 5.69 Å². The Morgan fingerprint density at radius 2 is 1.80 bits per heavy atom. The Morgan fingerprint density at radius 3 is 2.25 bits per heavy atom. The van der Waals surface area contributed by atoms with Crippen molar-refractivity contribution in [3.8, 4) is 5.69 Å². The van der Waals surface area contributed by atoms with Crippen molar-refractivity contribution in [2.24, 2.45) is 0 Å². The van der Waals surface area contributed by atoms with Crippen LogP contribution < -0.4 is 0 Å². The number of aryl methyl sites for hydroxylation is 1. The van der Waals surface area contributed by atoms with Crippen molar-refractivity contribution in [1.82, 2.24) is 19.7 Å². The minimum Gasteiger partial charge on any atom is -0.358 e. The fourth-order valence-corrected chi connectivity index (χ4v) is 1.57. The van der Waals surface area contributed by atoms with Crippen LogP contribution in [-0.2, 0) is 0 Å². The summed E-state index contributed by atoms with van der Waals surface area (Å²) in [6.07, 6.45) is 0.847. The third-order valence-electron chi connectivity index (χ3n) is 2.36. The number of nitro groups is 3. The van der Waals surface area contributed by atoms with E-state index in [1.807, 2.05) is 5.10 Å². The number of imidazole rings is 1. The first-order valence-electron chi connectivity index (χ1n) is 4.90. The molecule has 0 aliphatic rings. The molecule has 0 fully saturated rings. The first kappa shape index (κ1) is 13.1. The Bertz CT molecular complexity index is 699. The van der Waals surface area contributed by atoms with E-state index in [1.165, 1.54) is 6.92 Å². The summed E-state index contributed by atoms with van der Waals surface area (Å²) >= 11 is 0. The molecule has 0 atom stereocenters. The first-order valence-corrected chi connectivity index (χ1v) is 4.90. The predicted octanol–water partition coefficient (Wildman–Crippen LogP) is 0.628. The van der Waals surface area contributed by atoms with Gasteiger partial charge in [0.15, 0.2) is 0 Å². The van der Waals surface area contributed by atoms with Gasteiger partial charge >= 0.3 is 17.5 Å². The largest absolute Gasteiger partial charge is 0.444 e. The lowest BCUT2D eigenvalue weighted by Gasteiger charge is -1.98. The molecular formula is C7H5N7O6.